The van der Waals surface area contributed by atoms with Crippen LogP contribution in [0.15, 0.2) is 63.7 Å². The number of thioether (sulfide) groups is 1. The zero-order valence-corrected chi connectivity index (χ0v) is 47.1. The molecule has 0 bridgehead atoms. The number of aliphatic hydroxyl groups excluding tert-OH is 1. The van der Waals surface area contributed by atoms with E-state index in [4.69, 9.17) is 39.2 Å². The zero-order chi connectivity index (χ0) is 58.4. The summed E-state index contributed by atoms with van der Waals surface area (Å²) in [7, 11) is -10.4. The van der Waals surface area contributed by atoms with E-state index < -0.39 is 58.4 Å². The number of azo groups is 1. The molecule has 31 heteroatoms. The van der Waals surface area contributed by atoms with Gasteiger partial charge in [-0.2, -0.15) is 21.9 Å². The summed E-state index contributed by atoms with van der Waals surface area (Å²) in [6, 6.07) is 11.5. The highest BCUT2D eigenvalue weighted by molar-refractivity contribution is 8.00. The topological polar surface area (TPSA) is 410 Å². The number of amides is 3. The summed E-state index contributed by atoms with van der Waals surface area (Å²) in [5.41, 5.74) is 6.97. The Balaban J connectivity index is 0.774. The van der Waals surface area contributed by atoms with Gasteiger partial charge in [0.1, 0.15) is 47.1 Å². The van der Waals surface area contributed by atoms with Crippen molar-refractivity contribution in [3.05, 3.63) is 75.8 Å². The van der Waals surface area contributed by atoms with E-state index in [1.165, 1.54) is 24.4 Å². The number of aliphatic hydroxyl groups is 1. The molecule has 0 radical (unpaired) electrons. The van der Waals surface area contributed by atoms with Gasteiger partial charge in [0.05, 0.1) is 70.6 Å². The standard InChI is InChI=1S/C50H72N8O20P2S/c51-46-34(29-58(50(65)55-46)48-44(62)45(78-80(69,70)71)41(77-48)30-76-79(66,67)68)7-4-19-52-47(63)33-13-15-35(16-14-33)56-57-38-28-32(12-17-40(38)61)6-3-9-37(60)18-21-73-23-25-75-27-26-74-24-22-72-20-5-10-36(59)8-1-2-11-42-43-39(31-81-42)53-49(64)54-43/h12-17,28-29,39,41-45,48,61-62H,1-11,18-27,30-31H2,(H,52,63)(H2,51,55,65)(H2,53,54,64)(H2,66,67,68)(H2,69,70,71)/t39-,41+,42-,43-,44?,45-,48+/m0/s1. The van der Waals surface area contributed by atoms with Crippen molar-refractivity contribution in [3.63, 3.8) is 0 Å². The number of phosphoric ester groups is 2. The number of phenolic OH excluding ortho intramolecular Hbond substituents is 1. The first kappa shape index (κ1) is 65.1. The molecule has 3 fully saturated rings. The van der Waals surface area contributed by atoms with Crippen LogP contribution < -0.4 is 27.4 Å². The number of hydrogen-bond donors (Lipinski definition) is 10. The van der Waals surface area contributed by atoms with E-state index in [0.717, 1.165) is 35.1 Å². The summed E-state index contributed by atoms with van der Waals surface area (Å²) in [6.07, 6.45) is 0.835. The van der Waals surface area contributed by atoms with Crippen molar-refractivity contribution in [2.24, 2.45) is 10.2 Å². The highest BCUT2D eigenvalue weighted by atomic mass is 32.2. The van der Waals surface area contributed by atoms with Gasteiger partial charge in [-0.1, -0.05) is 12.5 Å². The van der Waals surface area contributed by atoms with Gasteiger partial charge in [0.25, 0.3) is 5.91 Å². The highest BCUT2D eigenvalue weighted by Crippen LogP contribution is 2.45. The number of aromatic hydroxyl groups is 1. The first-order chi connectivity index (χ1) is 38.7. The summed E-state index contributed by atoms with van der Waals surface area (Å²) in [5, 5.41) is 38.8. The first-order valence-corrected chi connectivity index (χ1v) is 30.6. The Morgan fingerprint density at radius 3 is 2.17 bits per heavy atom. The number of anilines is 1. The van der Waals surface area contributed by atoms with E-state index >= 15 is 0 Å². The molecule has 3 aromatic rings. The van der Waals surface area contributed by atoms with Crippen molar-refractivity contribution in [2.75, 3.05) is 77.5 Å². The molecule has 81 heavy (non-hydrogen) atoms. The fourth-order valence-electron chi connectivity index (χ4n) is 8.99. The van der Waals surface area contributed by atoms with Crippen LogP contribution in [0.1, 0.15) is 91.9 Å². The number of fused-ring (bicyclic) bond motifs is 1. The highest BCUT2D eigenvalue weighted by Gasteiger charge is 2.49. The molecule has 0 saturated carbocycles. The van der Waals surface area contributed by atoms with E-state index in [1.807, 2.05) is 11.8 Å². The number of phenols is 1. The minimum absolute atomic E-state index is 0.0598. The lowest BCUT2D eigenvalue weighted by Gasteiger charge is -2.21. The number of aryl methyl sites for hydroxylation is 2. The smallest absolute Gasteiger partial charge is 0.470 e. The average Bonchev–Trinajstić information content (AvgIpc) is 4.16. The zero-order valence-electron chi connectivity index (χ0n) is 44.5. The number of ketones is 2. The van der Waals surface area contributed by atoms with Gasteiger partial charge in [-0.25, -0.2) is 18.7 Å². The van der Waals surface area contributed by atoms with Crippen molar-refractivity contribution in [2.45, 2.75) is 119 Å². The molecule has 0 aliphatic carbocycles. The number of ether oxygens (including phenoxy) is 5. The van der Waals surface area contributed by atoms with Gasteiger partial charge >= 0.3 is 27.4 Å². The summed E-state index contributed by atoms with van der Waals surface area (Å²) in [6.45, 7) is 2.31. The second kappa shape index (κ2) is 32.7. The third-order valence-electron chi connectivity index (χ3n) is 13.1. The van der Waals surface area contributed by atoms with Crippen LogP contribution in [-0.2, 0) is 64.3 Å². The SMILES string of the molecule is Nc1nc(=O)n([C@@H]2O[C@H](COP(=O)(O)O)[C@H](OP(=O)(O)O)C2O)cc1CCCNC(=O)c1ccc(N=Nc2cc(CCCC(=O)CCOCCOCCOCCOCCCC(=O)CCCC[C@@H]3SC[C@@H]4NC(=O)N[C@@H]43)ccc2O)cc1. The van der Waals surface area contributed by atoms with Crippen molar-refractivity contribution in [3.8, 4) is 5.75 Å². The number of phosphoric acid groups is 2. The maximum absolute atomic E-state index is 12.9. The predicted molar refractivity (Wildman–Crippen MR) is 291 cm³/mol. The number of unbranched alkanes of at least 4 members (excludes halogenated alkanes) is 1. The number of nitrogens with one attached hydrogen (secondary N) is 3. The molecule has 2 aromatic carbocycles. The maximum Gasteiger partial charge on any atom is 0.470 e. The number of carbonyl (C=O) groups excluding carboxylic acids is 4. The van der Waals surface area contributed by atoms with E-state index in [-0.39, 0.29) is 84.9 Å². The molecule has 28 nitrogen and oxygen atoms in total. The second-order valence-corrected chi connectivity index (χ2v) is 23.0. The summed E-state index contributed by atoms with van der Waals surface area (Å²) in [5.74, 6) is 0.557. The Morgan fingerprint density at radius 2 is 1.47 bits per heavy atom. The number of urea groups is 1. The van der Waals surface area contributed by atoms with E-state index in [9.17, 15) is 53.1 Å². The number of carbonyl (C=O) groups is 4. The number of aromatic nitrogens is 2. The lowest BCUT2D eigenvalue weighted by atomic mass is 10.0. The third-order valence-corrected chi connectivity index (χ3v) is 15.6. The van der Waals surface area contributed by atoms with Crippen LogP contribution in [0.2, 0.25) is 0 Å². The van der Waals surface area contributed by atoms with Gasteiger partial charge in [-0.05, 0) is 86.9 Å². The number of nitrogens with zero attached hydrogens (tertiary/aromatic N) is 4. The molecule has 7 atom stereocenters. The number of hydrogen-bond acceptors (Lipinski definition) is 21. The number of benzene rings is 2. The van der Waals surface area contributed by atoms with Crippen LogP contribution in [0.4, 0.5) is 22.0 Å². The number of nitrogens with two attached hydrogens (primary N) is 1. The van der Waals surface area contributed by atoms with Crippen LogP contribution >= 0.6 is 27.4 Å². The summed E-state index contributed by atoms with van der Waals surface area (Å²) < 4.78 is 60.3. The Labute approximate surface area is 471 Å². The quantitative estimate of drug-likeness (QED) is 0.0170. The minimum Gasteiger partial charge on any atom is -0.506 e. The molecule has 1 aromatic heterocycles. The van der Waals surface area contributed by atoms with Gasteiger partial charge in [-0.3, -0.25) is 28.0 Å². The van der Waals surface area contributed by atoms with Gasteiger partial charge < -0.3 is 75.2 Å². The van der Waals surface area contributed by atoms with Crippen LogP contribution in [0.3, 0.4) is 0 Å². The minimum atomic E-state index is -5.27. The van der Waals surface area contributed by atoms with Gasteiger partial charge in [0.2, 0.25) is 0 Å². The Morgan fingerprint density at radius 1 is 0.802 bits per heavy atom. The normalized spacial score (nSPS) is 20.9. The largest absolute Gasteiger partial charge is 0.506 e. The average molecular weight is 1200 g/mol. The summed E-state index contributed by atoms with van der Waals surface area (Å²) in [4.78, 5) is 103. The van der Waals surface area contributed by atoms with Gasteiger partial charge in [0.15, 0.2) is 6.23 Å². The monoisotopic (exact) mass is 1200 g/mol. The predicted octanol–water partition coefficient (Wildman–Crippen LogP) is 3.58. The number of Topliss-reactive ketones (excluding diaryl/α,β-unsaturated/α-hetero) is 2. The molecule has 1 unspecified atom stereocenters. The fourth-order valence-corrected chi connectivity index (χ4v) is 11.4. The molecule has 6 rings (SSSR count). The first-order valence-electron chi connectivity index (χ1n) is 26.5. The van der Waals surface area contributed by atoms with Crippen molar-refractivity contribution in [1.82, 2.24) is 25.5 Å². The van der Waals surface area contributed by atoms with E-state index in [0.29, 0.717) is 101 Å². The molecular formula is C50H72N8O20P2S. The molecule has 0 spiro atoms. The molecule has 3 saturated heterocycles. The van der Waals surface area contributed by atoms with Crippen molar-refractivity contribution in [1.29, 1.82) is 0 Å². The fraction of sp³-hybridized carbons (Fsp3) is 0.600. The molecule has 3 aliphatic rings. The Kier molecular flexibility index (Phi) is 26.3. The Bertz CT molecular complexity index is 2730. The third kappa shape index (κ3) is 22.6. The van der Waals surface area contributed by atoms with Gasteiger partial charge in [-0.15, -0.1) is 5.11 Å². The van der Waals surface area contributed by atoms with Gasteiger partial charge in [0, 0.05) is 67.2 Å². The number of rotatable bonds is 38. The molecular weight excluding hydrogens is 1130 g/mol. The van der Waals surface area contributed by atoms with Crippen LogP contribution in [0, 0.1) is 0 Å². The van der Waals surface area contributed by atoms with Crippen LogP contribution in [0.5, 0.6) is 5.75 Å². The second-order valence-electron chi connectivity index (χ2n) is 19.3. The molecule has 11 N–H and O–H groups in total. The lowest BCUT2D eigenvalue weighted by Crippen LogP contribution is -2.38. The number of nitrogen functional groups attached to an aromatic ring is 1. The van der Waals surface area contributed by atoms with Crippen molar-refractivity contribution < 1.29 is 90.8 Å². The molecule has 3 amide bonds. The van der Waals surface area contributed by atoms with E-state index in [1.54, 1.807) is 24.3 Å². The Hall–Kier alpha value is -5.07. The summed E-state index contributed by atoms with van der Waals surface area (Å²) >= 11 is 1.89. The molecule has 448 valence electrons. The molecule has 3 aliphatic heterocycles. The van der Waals surface area contributed by atoms with Crippen LogP contribution in [0.25, 0.3) is 0 Å². The van der Waals surface area contributed by atoms with E-state index in [2.05, 4.69) is 40.2 Å². The van der Waals surface area contributed by atoms with Crippen molar-refractivity contribution >= 4 is 68.1 Å². The molecule has 4 heterocycles. The van der Waals surface area contributed by atoms with Crippen LogP contribution in [-0.4, -0.2) is 170 Å². The maximum atomic E-state index is 12.9. The lowest BCUT2D eigenvalue weighted by molar-refractivity contribution is -0.120.